The lowest BCUT2D eigenvalue weighted by atomic mass is 9.95. The van der Waals surface area contributed by atoms with Gasteiger partial charge in [-0.3, -0.25) is 4.90 Å². The number of amides is 2. The van der Waals surface area contributed by atoms with E-state index in [1.165, 1.54) is 165 Å². The number of rotatable bonds is 39. The monoisotopic (exact) mass is 861 g/mol. The molecule has 1 aliphatic heterocycles. The lowest BCUT2D eigenvalue weighted by Gasteiger charge is -2.46. The number of benzene rings is 1. The quantitative estimate of drug-likeness (QED) is 0.0480. The Labute approximate surface area is 372 Å². The van der Waals surface area contributed by atoms with Crippen LogP contribution in [0, 0.1) is 0 Å². The average Bonchev–Trinajstić information content (AvgIpc) is 3.27. The predicted octanol–water partition coefficient (Wildman–Crippen LogP) is 12.7. The van der Waals surface area contributed by atoms with Crippen molar-refractivity contribution < 1.29 is 39.1 Å². The van der Waals surface area contributed by atoms with Gasteiger partial charge in [-0.15, -0.1) is 0 Å². The summed E-state index contributed by atoms with van der Waals surface area (Å²) in [5, 5.41) is 34.7. The minimum atomic E-state index is -1.53. The second-order valence-corrected chi connectivity index (χ2v) is 17.9. The summed E-state index contributed by atoms with van der Waals surface area (Å²) < 4.78 is 17.3. The van der Waals surface area contributed by atoms with Crippen molar-refractivity contribution >= 4 is 12.2 Å². The normalized spacial score (nSPS) is 18.9. The minimum absolute atomic E-state index is 0.00703. The van der Waals surface area contributed by atoms with Crippen LogP contribution in [0.3, 0.4) is 0 Å². The van der Waals surface area contributed by atoms with Gasteiger partial charge in [-0.1, -0.05) is 237 Å². The van der Waals surface area contributed by atoms with Crippen molar-refractivity contribution in [3.8, 4) is 0 Å². The SMILES string of the molecule is CCCCCCCCCCCCCCCCCCOC(=O)N(CCCCCCCCCCCCCCCCCC)[C@@H]1O[C@H](CO)[C@@H](O)[C@H](O)[C@H]1NC(=O)OCc1ccccc1. The van der Waals surface area contributed by atoms with Crippen molar-refractivity contribution in [3.05, 3.63) is 35.9 Å². The van der Waals surface area contributed by atoms with Crippen LogP contribution in [0.1, 0.15) is 225 Å². The van der Waals surface area contributed by atoms with Gasteiger partial charge in [0.15, 0.2) is 6.23 Å². The Kier molecular flexibility index (Phi) is 34.2. The van der Waals surface area contributed by atoms with Crippen molar-refractivity contribution in [2.75, 3.05) is 19.8 Å². The fraction of sp³-hybridized carbons (Fsp3) is 0.843. The third kappa shape index (κ3) is 26.7. The molecule has 1 heterocycles. The Morgan fingerprint density at radius 2 is 0.984 bits per heavy atom. The number of unbranched alkanes of at least 4 members (excludes halogenated alkanes) is 30. The summed E-state index contributed by atoms with van der Waals surface area (Å²) >= 11 is 0. The molecular formula is C51H92N2O8. The molecule has 10 heteroatoms. The Morgan fingerprint density at radius 3 is 1.41 bits per heavy atom. The summed E-state index contributed by atoms with van der Waals surface area (Å²) in [6.07, 6.45) is 33.1. The molecule has 0 spiro atoms. The zero-order chi connectivity index (χ0) is 44.0. The van der Waals surface area contributed by atoms with E-state index in [1.54, 1.807) is 0 Å². The summed E-state index contributed by atoms with van der Waals surface area (Å²) in [5.74, 6) is 0. The van der Waals surface area contributed by atoms with Crippen molar-refractivity contribution in [1.29, 1.82) is 0 Å². The molecule has 0 aliphatic carbocycles. The van der Waals surface area contributed by atoms with Gasteiger partial charge in [0.25, 0.3) is 0 Å². The first-order valence-electron chi connectivity index (χ1n) is 25.5. The minimum Gasteiger partial charge on any atom is -0.449 e. The van der Waals surface area contributed by atoms with Crippen LogP contribution in [0.15, 0.2) is 30.3 Å². The lowest BCUT2D eigenvalue weighted by Crippen LogP contribution is -2.69. The molecule has 354 valence electrons. The summed E-state index contributed by atoms with van der Waals surface area (Å²) in [4.78, 5) is 28.2. The fourth-order valence-corrected chi connectivity index (χ4v) is 8.47. The van der Waals surface area contributed by atoms with Gasteiger partial charge in [0.05, 0.1) is 13.2 Å². The van der Waals surface area contributed by atoms with Crippen LogP contribution < -0.4 is 5.32 Å². The molecule has 1 aromatic rings. The largest absolute Gasteiger partial charge is 0.449 e. The summed E-state index contributed by atoms with van der Waals surface area (Å²) in [5.41, 5.74) is 0.790. The highest BCUT2D eigenvalue weighted by atomic mass is 16.6. The number of aliphatic hydroxyl groups is 3. The van der Waals surface area contributed by atoms with E-state index in [-0.39, 0.29) is 19.8 Å². The van der Waals surface area contributed by atoms with Crippen molar-refractivity contribution in [2.45, 2.75) is 257 Å². The number of nitrogens with one attached hydrogen (secondary N) is 1. The molecule has 2 amide bonds. The van der Waals surface area contributed by atoms with Crippen LogP contribution in [0.5, 0.6) is 0 Å². The number of aliphatic hydroxyl groups excluding tert-OH is 3. The number of carbonyl (C=O) groups is 2. The predicted molar refractivity (Wildman–Crippen MR) is 248 cm³/mol. The van der Waals surface area contributed by atoms with Crippen LogP contribution in [0.2, 0.25) is 0 Å². The molecule has 0 aromatic heterocycles. The number of nitrogens with zero attached hydrogens (tertiary/aromatic N) is 1. The van der Waals surface area contributed by atoms with Crippen molar-refractivity contribution in [3.63, 3.8) is 0 Å². The van der Waals surface area contributed by atoms with Gasteiger partial charge in [0.2, 0.25) is 0 Å². The molecule has 61 heavy (non-hydrogen) atoms. The van der Waals surface area contributed by atoms with Crippen LogP contribution >= 0.6 is 0 Å². The molecule has 0 saturated carbocycles. The molecule has 0 radical (unpaired) electrons. The van der Waals surface area contributed by atoms with Crippen LogP contribution in [0.4, 0.5) is 9.59 Å². The fourth-order valence-electron chi connectivity index (χ4n) is 8.47. The van der Waals surface area contributed by atoms with Gasteiger partial charge in [0.1, 0.15) is 31.0 Å². The van der Waals surface area contributed by atoms with E-state index in [2.05, 4.69) is 19.2 Å². The Balaban J connectivity index is 1.82. The number of alkyl carbamates (subject to hydrolysis) is 1. The Bertz CT molecular complexity index is 1160. The van der Waals surface area contributed by atoms with Crippen molar-refractivity contribution in [2.24, 2.45) is 0 Å². The van der Waals surface area contributed by atoms with Crippen LogP contribution in [-0.4, -0.2) is 82.7 Å². The van der Waals surface area contributed by atoms with E-state index in [9.17, 15) is 24.9 Å². The summed E-state index contributed by atoms with van der Waals surface area (Å²) in [7, 11) is 0. The first kappa shape index (κ1) is 54.7. The smallest absolute Gasteiger partial charge is 0.411 e. The number of hydrogen-bond acceptors (Lipinski definition) is 8. The van der Waals surface area contributed by atoms with E-state index in [0.717, 1.165) is 44.1 Å². The lowest BCUT2D eigenvalue weighted by molar-refractivity contribution is -0.225. The molecule has 1 aliphatic rings. The van der Waals surface area contributed by atoms with Gasteiger partial charge in [-0.05, 0) is 18.4 Å². The average molecular weight is 861 g/mol. The summed E-state index contributed by atoms with van der Waals surface area (Å²) in [6.45, 7) is 4.50. The maximum Gasteiger partial charge on any atom is 0.411 e. The van der Waals surface area contributed by atoms with Gasteiger partial charge in [-0.25, -0.2) is 9.59 Å². The zero-order valence-electron chi connectivity index (χ0n) is 39.1. The number of ether oxygens (including phenoxy) is 3. The standard InChI is InChI=1S/C51H92N2O8/c1-3-5-7-9-11-13-15-17-19-21-23-25-27-29-31-36-40-53(51(58)59-41-37-32-30-28-26-24-22-20-18-16-14-12-10-8-6-4-2)49-46(48(56)47(55)45(42-54)61-49)52-50(57)60-43-44-38-34-33-35-39-44/h33-35,38-39,45-49,54-56H,3-32,36-37,40-43H2,1-2H3,(H,52,57)/t45-,46-,47-,48-,49-/m1/s1. The molecule has 5 atom stereocenters. The molecule has 0 unspecified atom stereocenters. The topological polar surface area (TPSA) is 138 Å². The maximum atomic E-state index is 13.8. The van der Waals surface area contributed by atoms with E-state index < -0.39 is 49.4 Å². The Morgan fingerprint density at radius 1 is 0.574 bits per heavy atom. The maximum absolute atomic E-state index is 13.8. The number of hydrogen-bond donors (Lipinski definition) is 4. The molecule has 2 rings (SSSR count). The summed E-state index contributed by atoms with van der Waals surface area (Å²) in [6, 6.07) is 8.01. The highest BCUT2D eigenvalue weighted by Crippen LogP contribution is 2.26. The van der Waals surface area contributed by atoms with Crippen LogP contribution in [0.25, 0.3) is 0 Å². The first-order valence-corrected chi connectivity index (χ1v) is 25.5. The molecule has 10 nitrogen and oxygen atoms in total. The highest BCUT2D eigenvalue weighted by Gasteiger charge is 2.48. The van der Waals surface area contributed by atoms with Gasteiger partial charge in [-0.2, -0.15) is 0 Å². The van der Waals surface area contributed by atoms with Crippen molar-refractivity contribution in [1.82, 2.24) is 10.2 Å². The van der Waals surface area contributed by atoms with E-state index in [0.29, 0.717) is 6.42 Å². The number of carbonyl (C=O) groups excluding carboxylic acids is 2. The molecule has 0 bridgehead atoms. The van der Waals surface area contributed by atoms with Gasteiger partial charge in [0, 0.05) is 6.54 Å². The first-order chi connectivity index (χ1) is 29.9. The van der Waals surface area contributed by atoms with E-state index >= 15 is 0 Å². The zero-order valence-corrected chi connectivity index (χ0v) is 39.1. The second kappa shape index (κ2) is 38.1. The van der Waals surface area contributed by atoms with E-state index in [1.807, 2.05) is 30.3 Å². The molecule has 1 saturated heterocycles. The van der Waals surface area contributed by atoms with E-state index in [4.69, 9.17) is 14.2 Å². The molecule has 4 N–H and O–H groups in total. The second-order valence-electron chi connectivity index (χ2n) is 17.9. The molecular weight excluding hydrogens is 769 g/mol. The van der Waals surface area contributed by atoms with Crippen LogP contribution in [-0.2, 0) is 20.8 Å². The van der Waals surface area contributed by atoms with Gasteiger partial charge < -0.3 is 34.8 Å². The molecule has 1 aromatic carbocycles. The van der Waals surface area contributed by atoms with Gasteiger partial charge >= 0.3 is 12.2 Å². The third-order valence-corrected chi connectivity index (χ3v) is 12.4. The third-order valence-electron chi connectivity index (χ3n) is 12.4. The Hall–Kier alpha value is -2.40. The molecule has 1 fully saturated rings. The highest BCUT2D eigenvalue weighted by molar-refractivity contribution is 5.69.